The van der Waals surface area contributed by atoms with Crippen molar-refractivity contribution in [1.29, 1.82) is 0 Å². The van der Waals surface area contributed by atoms with Gasteiger partial charge in [0.05, 0.1) is 23.5 Å². The normalized spacial score (nSPS) is 21.7. The first-order chi connectivity index (χ1) is 14.4. The lowest BCUT2D eigenvalue weighted by Gasteiger charge is -2.28. The van der Waals surface area contributed by atoms with Gasteiger partial charge in [-0.25, -0.2) is 4.98 Å². The van der Waals surface area contributed by atoms with E-state index in [1.165, 1.54) is 6.92 Å². The second kappa shape index (κ2) is 8.73. The number of pyridine rings is 1. The molecule has 0 unspecified atom stereocenters. The molecule has 1 aliphatic heterocycles. The number of nitrogens with zero attached hydrogens (tertiary/aromatic N) is 4. The molecule has 160 valence electrons. The zero-order valence-electron chi connectivity index (χ0n) is 17.3. The van der Waals surface area contributed by atoms with Crippen LogP contribution in [0.1, 0.15) is 38.3 Å². The Kier molecular flexibility index (Phi) is 6.06. The number of carbonyl (C=O) groups is 2. The number of nitrogens with one attached hydrogen (secondary N) is 2. The lowest BCUT2D eigenvalue weighted by atomic mass is 9.85. The number of rotatable bonds is 4. The van der Waals surface area contributed by atoms with E-state index in [9.17, 15) is 9.59 Å². The Labute approximate surface area is 181 Å². The van der Waals surface area contributed by atoms with Gasteiger partial charge in [-0.3, -0.25) is 19.2 Å². The third-order valence-electron chi connectivity index (χ3n) is 5.91. The molecule has 2 atom stereocenters. The summed E-state index contributed by atoms with van der Waals surface area (Å²) in [6.07, 6.45) is 6.69. The van der Waals surface area contributed by atoms with Crippen molar-refractivity contribution in [3.63, 3.8) is 0 Å². The number of aromatic nitrogens is 3. The number of halogens is 1. The summed E-state index contributed by atoms with van der Waals surface area (Å²) in [6, 6.07) is 1.87. The maximum absolute atomic E-state index is 12.8. The minimum absolute atomic E-state index is 0.0525. The quantitative estimate of drug-likeness (QED) is 0.778. The summed E-state index contributed by atoms with van der Waals surface area (Å²) in [7, 11) is 2.08. The van der Waals surface area contributed by atoms with Crippen molar-refractivity contribution in [3.05, 3.63) is 29.2 Å². The average Bonchev–Trinajstić information content (AvgIpc) is 3.12. The second-order valence-corrected chi connectivity index (χ2v) is 8.67. The number of hydrogen-bond acceptors (Lipinski definition) is 5. The summed E-state index contributed by atoms with van der Waals surface area (Å²) in [5.41, 5.74) is 2.89. The predicted octanol–water partition coefficient (Wildman–Crippen LogP) is 2.68. The van der Waals surface area contributed by atoms with Crippen molar-refractivity contribution in [3.8, 4) is 11.1 Å². The zero-order chi connectivity index (χ0) is 21.3. The predicted molar refractivity (Wildman–Crippen MR) is 115 cm³/mol. The second-order valence-electron chi connectivity index (χ2n) is 8.27. The molecule has 3 heterocycles. The van der Waals surface area contributed by atoms with Crippen molar-refractivity contribution >= 4 is 29.2 Å². The number of likely N-dealkylation sites (N-methyl/N-ethyl adjacent to an activating group) is 1. The molecule has 0 aromatic carbocycles. The van der Waals surface area contributed by atoms with E-state index in [1.54, 1.807) is 6.20 Å². The zero-order valence-corrected chi connectivity index (χ0v) is 18.1. The molecule has 0 saturated heterocycles. The van der Waals surface area contributed by atoms with Crippen LogP contribution < -0.4 is 10.6 Å². The minimum Gasteiger partial charge on any atom is -0.354 e. The topological polar surface area (TPSA) is 92.2 Å². The van der Waals surface area contributed by atoms with Gasteiger partial charge in [-0.15, -0.1) is 0 Å². The molecule has 9 heteroatoms. The molecule has 4 rings (SSSR count). The highest BCUT2D eigenvalue weighted by Gasteiger charge is 2.28. The van der Waals surface area contributed by atoms with Crippen molar-refractivity contribution in [2.24, 2.45) is 5.92 Å². The van der Waals surface area contributed by atoms with Gasteiger partial charge in [0, 0.05) is 49.3 Å². The first-order valence-corrected chi connectivity index (χ1v) is 10.8. The lowest BCUT2D eigenvalue weighted by molar-refractivity contribution is -0.123. The molecule has 8 nitrogen and oxygen atoms in total. The summed E-state index contributed by atoms with van der Waals surface area (Å²) in [6.45, 7) is 4.11. The summed E-state index contributed by atoms with van der Waals surface area (Å²) < 4.78 is 2.01. The van der Waals surface area contributed by atoms with E-state index < -0.39 is 0 Å². The van der Waals surface area contributed by atoms with Crippen LogP contribution in [0.2, 0.25) is 5.02 Å². The molecule has 2 N–H and O–H groups in total. The molecule has 0 spiro atoms. The molecule has 1 fully saturated rings. The van der Waals surface area contributed by atoms with Crippen LogP contribution in [0.5, 0.6) is 0 Å². The highest BCUT2D eigenvalue weighted by molar-refractivity contribution is 6.33. The highest BCUT2D eigenvalue weighted by atomic mass is 35.5. The van der Waals surface area contributed by atoms with E-state index in [0.717, 1.165) is 55.7 Å². The molecule has 2 aromatic heterocycles. The van der Waals surface area contributed by atoms with Crippen LogP contribution in [-0.2, 0) is 22.7 Å². The van der Waals surface area contributed by atoms with Crippen molar-refractivity contribution < 1.29 is 9.59 Å². The fourth-order valence-electron chi connectivity index (χ4n) is 4.38. The molecule has 1 aliphatic carbocycles. The van der Waals surface area contributed by atoms with E-state index in [1.807, 2.05) is 16.9 Å². The van der Waals surface area contributed by atoms with Crippen LogP contribution >= 0.6 is 11.6 Å². The van der Waals surface area contributed by atoms with Gasteiger partial charge in [-0.1, -0.05) is 18.0 Å². The number of fused-ring (bicyclic) bond motifs is 1. The smallest absolute Gasteiger partial charge is 0.228 e. The van der Waals surface area contributed by atoms with E-state index in [0.29, 0.717) is 17.3 Å². The first-order valence-electron chi connectivity index (χ1n) is 10.4. The summed E-state index contributed by atoms with van der Waals surface area (Å²) in [4.78, 5) is 30.7. The van der Waals surface area contributed by atoms with Gasteiger partial charge in [-0.05, 0) is 32.4 Å². The molecule has 2 aromatic rings. The molecule has 0 radical (unpaired) electrons. The number of amides is 2. The van der Waals surface area contributed by atoms with Crippen molar-refractivity contribution in [1.82, 2.24) is 25.0 Å². The van der Waals surface area contributed by atoms with Crippen LogP contribution in [-0.4, -0.2) is 51.1 Å². The van der Waals surface area contributed by atoms with Gasteiger partial charge in [0.1, 0.15) is 5.82 Å². The van der Waals surface area contributed by atoms with E-state index in [4.69, 9.17) is 11.6 Å². The Morgan fingerprint density at radius 3 is 2.83 bits per heavy atom. The Hall–Kier alpha value is -2.45. The first kappa shape index (κ1) is 20.8. The summed E-state index contributed by atoms with van der Waals surface area (Å²) >= 11 is 6.45. The fraction of sp³-hybridized carbons (Fsp3) is 0.524. The molecule has 1 saturated carbocycles. The number of carbonyl (C=O) groups excluding carboxylic acids is 2. The number of anilines is 1. The third kappa shape index (κ3) is 4.49. The van der Waals surface area contributed by atoms with Gasteiger partial charge < -0.3 is 10.6 Å². The van der Waals surface area contributed by atoms with Crippen LogP contribution in [0.3, 0.4) is 0 Å². The molecule has 30 heavy (non-hydrogen) atoms. The molecular formula is C21H27ClN6O2. The van der Waals surface area contributed by atoms with Gasteiger partial charge >= 0.3 is 0 Å². The molecule has 0 bridgehead atoms. The minimum atomic E-state index is -0.144. The van der Waals surface area contributed by atoms with Gasteiger partial charge in [0.15, 0.2) is 0 Å². The van der Waals surface area contributed by atoms with Crippen LogP contribution in [0.4, 0.5) is 5.82 Å². The Bertz CT molecular complexity index is 959. The molecular weight excluding hydrogens is 404 g/mol. The standard InChI is InChI=1S/C21H27ClN6O2/c1-13(29)25-15-5-3-4-14(8-15)21(30)26-20-9-16(18(22)11-23-20)17-10-24-28-7-6-27(2)12-19(17)28/h9-11,14-15H,3-8,12H2,1-2H3,(H,25,29)(H,23,26,30)/t14-,15-/m1/s1. The molecule has 2 aliphatic rings. The van der Waals surface area contributed by atoms with E-state index >= 15 is 0 Å². The fourth-order valence-corrected chi connectivity index (χ4v) is 4.59. The SMILES string of the molecule is CC(=O)N[C@@H]1CCC[C@@H](C(=O)Nc2cc(-c3cnn4c3CN(C)CC4)c(Cl)cn2)C1. The summed E-state index contributed by atoms with van der Waals surface area (Å²) in [5, 5.41) is 10.9. The van der Waals surface area contributed by atoms with Gasteiger partial charge in [0.25, 0.3) is 0 Å². The Balaban J connectivity index is 1.51. The van der Waals surface area contributed by atoms with E-state index in [-0.39, 0.29) is 23.8 Å². The third-order valence-corrected chi connectivity index (χ3v) is 6.21. The van der Waals surface area contributed by atoms with Crippen molar-refractivity contribution in [2.75, 3.05) is 18.9 Å². The number of hydrogen-bond donors (Lipinski definition) is 2. The maximum Gasteiger partial charge on any atom is 0.228 e. The van der Waals surface area contributed by atoms with Crippen LogP contribution in [0, 0.1) is 5.92 Å². The van der Waals surface area contributed by atoms with Gasteiger partial charge in [-0.2, -0.15) is 5.10 Å². The largest absolute Gasteiger partial charge is 0.354 e. The van der Waals surface area contributed by atoms with Crippen molar-refractivity contribution in [2.45, 2.75) is 51.7 Å². The maximum atomic E-state index is 12.8. The molecule has 2 amide bonds. The monoisotopic (exact) mass is 430 g/mol. The summed E-state index contributed by atoms with van der Waals surface area (Å²) in [5.74, 6) is 0.210. The highest BCUT2D eigenvalue weighted by Crippen LogP contribution is 2.33. The Morgan fingerprint density at radius 2 is 2.03 bits per heavy atom. The Morgan fingerprint density at radius 1 is 1.20 bits per heavy atom. The van der Waals surface area contributed by atoms with E-state index in [2.05, 4.69) is 32.7 Å². The van der Waals surface area contributed by atoms with Crippen LogP contribution in [0.15, 0.2) is 18.5 Å². The van der Waals surface area contributed by atoms with Crippen LogP contribution in [0.25, 0.3) is 11.1 Å². The average molecular weight is 431 g/mol. The lowest BCUT2D eigenvalue weighted by Crippen LogP contribution is -2.40. The van der Waals surface area contributed by atoms with Gasteiger partial charge in [0.2, 0.25) is 11.8 Å².